The Morgan fingerprint density at radius 1 is 1.39 bits per heavy atom. The normalized spacial score (nSPS) is 21.7. The van der Waals surface area contributed by atoms with Gasteiger partial charge in [-0.25, -0.2) is 4.98 Å². The minimum atomic E-state index is 0.560. The molecule has 1 atom stereocenters. The SMILES string of the molecule is CC1CN(c2ccc3scnc3c2N)CCN1C. The van der Waals surface area contributed by atoms with E-state index in [1.54, 1.807) is 11.3 Å². The van der Waals surface area contributed by atoms with Crippen molar-refractivity contribution in [1.82, 2.24) is 9.88 Å². The van der Waals surface area contributed by atoms with Crippen molar-refractivity contribution in [2.75, 3.05) is 37.3 Å². The van der Waals surface area contributed by atoms with E-state index in [9.17, 15) is 0 Å². The summed E-state index contributed by atoms with van der Waals surface area (Å²) in [6.07, 6.45) is 0. The van der Waals surface area contributed by atoms with E-state index in [2.05, 4.69) is 40.9 Å². The minimum absolute atomic E-state index is 0.560. The van der Waals surface area contributed by atoms with E-state index < -0.39 is 0 Å². The van der Waals surface area contributed by atoms with Crippen LogP contribution in [0.1, 0.15) is 6.92 Å². The number of anilines is 2. The molecular formula is C13H18N4S. The summed E-state index contributed by atoms with van der Waals surface area (Å²) in [6, 6.07) is 4.82. The number of rotatable bonds is 1. The van der Waals surface area contributed by atoms with Gasteiger partial charge in [0.2, 0.25) is 0 Å². The number of nitrogens with two attached hydrogens (primary N) is 1. The summed E-state index contributed by atoms with van der Waals surface area (Å²) in [6.45, 7) is 5.39. The van der Waals surface area contributed by atoms with Crippen LogP contribution in [0.25, 0.3) is 10.2 Å². The molecule has 4 nitrogen and oxygen atoms in total. The number of fused-ring (bicyclic) bond motifs is 1. The largest absolute Gasteiger partial charge is 0.395 e. The molecule has 1 fully saturated rings. The molecule has 1 aromatic carbocycles. The average Bonchev–Trinajstić information content (AvgIpc) is 2.83. The quantitative estimate of drug-likeness (QED) is 0.799. The monoisotopic (exact) mass is 262 g/mol. The summed E-state index contributed by atoms with van der Waals surface area (Å²) in [5.41, 5.74) is 11.0. The molecule has 5 heteroatoms. The first-order chi connectivity index (χ1) is 8.66. The van der Waals surface area contributed by atoms with E-state index in [0.29, 0.717) is 6.04 Å². The Hall–Kier alpha value is -1.33. The summed E-state index contributed by atoms with van der Waals surface area (Å²) in [5, 5.41) is 0. The zero-order valence-electron chi connectivity index (χ0n) is 10.8. The number of nitrogens with zero attached hydrogens (tertiary/aromatic N) is 3. The van der Waals surface area contributed by atoms with Crippen LogP contribution in [0.15, 0.2) is 17.6 Å². The van der Waals surface area contributed by atoms with Crippen LogP contribution in [0.3, 0.4) is 0 Å². The number of hydrogen-bond donors (Lipinski definition) is 1. The number of nitrogen functional groups attached to an aromatic ring is 1. The van der Waals surface area contributed by atoms with E-state index in [4.69, 9.17) is 5.73 Å². The highest BCUT2D eigenvalue weighted by Crippen LogP contribution is 2.33. The highest BCUT2D eigenvalue weighted by atomic mass is 32.1. The van der Waals surface area contributed by atoms with Gasteiger partial charge in [0.1, 0.15) is 5.52 Å². The Morgan fingerprint density at radius 3 is 3.00 bits per heavy atom. The van der Waals surface area contributed by atoms with Crippen molar-refractivity contribution in [3.05, 3.63) is 17.6 Å². The van der Waals surface area contributed by atoms with Crippen LogP contribution in [0.5, 0.6) is 0 Å². The zero-order valence-corrected chi connectivity index (χ0v) is 11.6. The third-order valence-corrected chi connectivity index (χ3v) is 4.61. The van der Waals surface area contributed by atoms with Crippen molar-refractivity contribution >= 4 is 32.9 Å². The third-order valence-electron chi connectivity index (χ3n) is 3.82. The van der Waals surface area contributed by atoms with Gasteiger partial charge in [0, 0.05) is 25.7 Å². The van der Waals surface area contributed by atoms with Gasteiger partial charge in [0.25, 0.3) is 0 Å². The van der Waals surface area contributed by atoms with Crippen LogP contribution in [0.4, 0.5) is 11.4 Å². The molecule has 0 spiro atoms. The number of hydrogen-bond acceptors (Lipinski definition) is 5. The van der Waals surface area contributed by atoms with Crippen LogP contribution < -0.4 is 10.6 Å². The summed E-state index contributed by atoms with van der Waals surface area (Å²) >= 11 is 1.64. The van der Waals surface area contributed by atoms with Crippen molar-refractivity contribution in [3.8, 4) is 0 Å². The van der Waals surface area contributed by atoms with E-state index in [0.717, 1.165) is 36.5 Å². The minimum Gasteiger partial charge on any atom is -0.395 e. The number of benzene rings is 1. The first-order valence-corrected chi connectivity index (χ1v) is 7.11. The van der Waals surface area contributed by atoms with Crippen LogP contribution in [-0.2, 0) is 0 Å². The summed E-state index contributed by atoms with van der Waals surface area (Å²) in [5.74, 6) is 0. The molecule has 1 aliphatic heterocycles. The molecule has 0 amide bonds. The number of thiazole rings is 1. The fraction of sp³-hybridized carbons (Fsp3) is 0.462. The molecular weight excluding hydrogens is 244 g/mol. The third kappa shape index (κ3) is 1.83. The maximum atomic E-state index is 6.26. The topological polar surface area (TPSA) is 45.4 Å². The van der Waals surface area contributed by atoms with Gasteiger partial charge in [0.05, 0.1) is 21.6 Å². The first kappa shape index (κ1) is 11.7. The highest BCUT2D eigenvalue weighted by Gasteiger charge is 2.22. The number of piperazine rings is 1. The van der Waals surface area contributed by atoms with Crippen LogP contribution in [-0.4, -0.2) is 42.6 Å². The molecule has 1 saturated heterocycles. The lowest BCUT2D eigenvalue weighted by Gasteiger charge is -2.39. The Bertz CT molecular complexity index is 565. The predicted molar refractivity (Wildman–Crippen MR) is 78.3 cm³/mol. The maximum Gasteiger partial charge on any atom is 0.106 e. The molecule has 2 heterocycles. The summed E-state index contributed by atoms with van der Waals surface area (Å²) in [4.78, 5) is 9.12. The Morgan fingerprint density at radius 2 is 2.22 bits per heavy atom. The van der Waals surface area contributed by atoms with Crippen LogP contribution in [0.2, 0.25) is 0 Å². The van der Waals surface area contributed by atoms with Crippen molar-refractivity contribution in [3.63, 3.8) is 0 Å². The average molecular weight is 262 g/mol. The van der Waals surface area contributed by atoms with Gasteiger partial charge in [0.15, 0.2) is 0 Å². The first-order valence-electron chi connectivity index (χ1n) is 6.23. The smallest absolute Gasteiger partial charge is 0.106 e. The van der Waals surface area contributed by atoms with Gasteiger partial charge in [-0.15, -0.1) is 11.3 Å². The van der Waals surface area contributed by atoms with Crippen molar-refractivity contribution < 1.29 is 0 Å². The van der Waals surface area contributed by atoms with Crippen molar-refractivity contribution in [1.29, 1.82) is 0 Å². The Balaban J connectivity index is 1.96. The number of likely N-dealkylation sites (N-methyl/N-ethyl adjacent to an activating group) is 1. The van der Waals surface area contributed by atoms with Gasteiger partial charge in [-0.3, -0.25) is 0 Å². The van der Waals surface area contributed by atoms with Crippen molar-refractivity contribution in [2.45, 2.75) is 13.0 Å². The molecule has 2 aromatic rings. The standard InChI is InChI=1S/C13H18N4S/c1-9-7-17(6-5-16(9)2)10-3-4-11-13(12(10)14)15-8-18-11/h3-4,8-9H,5-7,14H2,1-2H3. The van der Waals surface area contributed by atoms with Gasteiger partial charge in [-0.05, 0) is 26.1 Å². The van der Waals surface area contributed by atoms with E-state index in [1.165, 1.54) is 4.70 Å². The fourth-order valence-corrected chi connectivity index (χ4v) is 3.18. The predicted octanol–water partition coefficient (Wildman–Crippen LogP) is 2.02. The Kier molecular flexibility index (Phi) is 2.87. The molecule has 3 rings (SSSR count). The molecule has 0 aliphatic carbocycles. The van der Waals surface area contributed by atoms with E-state index in [-0.39, 0.29) is 0 Å². The van der Waals surface area contributed by atoms with Gasteiger partial charge >= 0.3 is 0 Å². The van der Waals surface area contributed by atoms with Crippen molar-refractivity contribution in [2.24, 2.45) is 0 Å². The molecule has 0 saturated carbocycles. The molecule has 1 aliphatic rings. The van der Waals surface area contributed by atoms with Crippen LogP contribution >= 0.6 is 11.3 Å². The molecule has 2 N–H and O–H groups in total. The molecule has 96 valence electrons. The second-order valence-electron chi connectivity index (χ2n) is 4.97. The second kappa shape index (κ2) is 4.40. The van der Waals surface area contributed by atoms with Gasteiger partial charge < -0.3 is 15.5 Å². The van der Waals surface area contributed by atoms with Gasteiger partial charge in [-0.2, -0.15) is 0 Å². The van der Waals surface area contributed by atoms with E-state index in [1.807, 2.05) is 5.51 Å². The zero-order chi connectivity index (χ0) is 12.7. The molecule has 0 radical (unpaired) electrons. The lowest BCUT2D eigenvalue weighted by Crippen LogP contribution is -2.50. The maximum absolute atomic E-state index is 6.26. The Labute approximate surface area is 111 Å². The lowest BCUT2D eigenvalue weighted by atomic mass is 10.1. The van der Waals surface area contributed by atoms with Crippen LogP contribution in [0, 0.1) is 0 Å². The second-order valence-corrected chi connectivity index (χ2v) is 5.86. The number of aromatic nitrogens is 1. The van der Waals surface area contributed by atoms with E-state index >= 15 is 0 Å². The fourth-order valence-electron chi connectivity index (χ4n) is 2.48. The summed E-state index contributed by atoms with van der Waals surface area (Å²) < 4.78 is 1.17. The van der Waals surface area contributed by atoms with Gasteiger partial charge in [-0.1, -0.05) is 0 Å². The molecule has 1 unspecified atom stereocenters. The highest BCUT2D eigenvalue weighted by molar-refractivity contribution is 7.16. The lowest BCUT2D eigenvalue weighted by molar-refractivity contribution is 0.234. The molecule has 1 aromatic heterocycles. The molecule has 0 bridgehead atoms. The summed E-state index contributed by atoms with van der Waals surface area (Å²) in [7, 11) is 2.18. The molecule has 18 heavy (non-hydrogen) atoms.